The number of nitrogens with zero attached hydrogens (tertiary/aromatic N) is 1. The molecule has 1 atom stereocenters. The smallest absolute Gasteiger partial charge is 0.125 e. The zero-order chi connectivity index (χ0) is 14.8. The molecule has 1 fully saturated rings. The molecule has 0 spiro atoms. The monoisotopic (exact) mass is 290 g/mol. The normalized spacial score (nSPS) is 17.8. The first-order chi connectivity index (χ1) is 10.2. The van der Waals surface area contributed by atoms with E-state index in [-0.39, 0.29) is 17.6 Å². The summed E-state index contributed by atoms with van der Waals surface area (Å²) in [5, 5.41) is 13.7. The number of phenolic OH excluding ortho intramolecular Hbond substituents is 1. The van der Waals surface area contributed by atoms with E-state index in [4.69, 9.17) is 4.42 Å². The highest BCUT2D eigenvalue weighted by Gasteiger charge is 2.29. The second-order valence-corrected chi connectivity index (χ2v) is 5.36. The van der Waals surface area contributed by atoms with E-state index in [1.54, 1.807) is 13.2 Å². The van der Waals surface area contributed by atoms with Crippen LogP contribution in [0.2, 0.25) is 0 Å². The van der Waals surface area contributed by atoms with Crippen LogP contribution in [-0.2, 0) is 0 Å². The van der Waals surface area contributed by atoms with Gasteiger partial charge in [-0.2, -0.15) is 0 Å². The van der Waals surface area contributed by atoms with E-state index in [1.807, 2.05) is 12.1 Å². The van der Waals surface area contributed by atoms with Gasteiger partial charge in [0.25, 0.3) is 0 Å². The van der Waals surface area contributed by atoms with Crippen LogP contribution in [0.4, 0.5) is 4.39 Å². The van der Waals surface area contributed by atoms with Crippen LogP contribution in [-0.4, -0.2) is 36.2 Å². The van der Waals surface area contributed by atoms with Crippen molar-refractivity contribution in [2.75, 3.05) is 26.2 Å². The standard InChI is InChI=1S/C16H19FN2O2/c1-11-9-12(17)10-13(16(11)20)15(14-3-2-8-21-14)19-6-4-18-5-7-19/h2-3,8-10,15,18,20H,4-7H2,1H3/t15-/m0/s1. The lowest BCUT2D eigenvalue weighted by atomic mass is 9.98. The first-order valence-corrected chi connectivity index (χ1v) is 7.14. The Morgan fingerprint density at radius 3 is 2.76 bits per heavy atom. The number of aromatic hydroxyl groups is 1. The molecule has 4 nitrogen and oxygen atoms in total. The van der Waals surface area contributed by atoms with E-state index in [2.05, 4.69) is 10.2 Å². The number of piperazine rings is 1. The molecule has 0 amide bonds. The van der Waals surface area contributed by atoms with E-state index >= 15 is 0 Å². The Hall–Kier alpha value is -1.85. The fraction of sp³-hybridized carbons (Fsp3) is 0.375. The molecule has 1 aromatic carbocycles. The van der Waals surface area contributed by atoms with Crippen LogP contribution in [0.15, 0.2) is 34.9 Å². The third-order valence-corrected chi connectivity index (χ3v) is 3.92. The lowest BCUT2D eigenvalue weighted by Crippen LogP contribution is -2.45. The highest BCUT2D eigenvalue weighted by molar-refractivity contribution is 5.44. The van der Waals surface area contributed by atoms with E-state index in [0.29, 0.717) is 11.1 Å². The zero-order valence-electron chi connectivity index (χ0n) is 12.0. The third-order valence-electron chi connectivity index (χ3n) is 3.92. The molecule has 1 aromatic heterocycles. The number of rotatable bonds is 3. The molecule has 0 radical (unpaired) electrons. The summed E-state index contributed by atoms with van der Waals surface area (Å²) in [5.41, 5.74) is 1.10. The molecule has 112 valence electrons. The predicted octanol–water partition coefficient (Wildman–Crippen LogP) is 2.43. The number of hydrogen-bond donors (Lipinski definition) is 2. The molecule has 1 aliphatic heterocycles. The summed E-state index contributed by atoms with van der Waals surface area (Å²) < 4.78 is 19.3. The van der Waals surface area contributed by atoms with Crippen LogP contribution in [0.3, 0.4) is 0 Å². The first kappa shape index (κ1) is 14.1. The van der Waals surface area contributed by atoms with Gasteiger partial charge in [0.1, 0.15) is 17.3 Å². The lowest BCUT2D eigenvalue weighted by Gasteiger charge is -2.34. The van der Waals surface area contributed by atoms with Crippen molar-refractivity contribution >= 4 is 0 Å². The number of benzene rings is 1. The van der Waals surface area contributed by atoms with Crippen LogP contribution in [0.5, 0.6) is 5.75 Å². The minimum atomic E-state index is -0.341. The van der Waals surface area contributed by atoms with Crippen molar-refractivity contribution in [2.24, 2.45) is 0 Å². The van der Waals surface area contributed by atoms with Crippen LogP contribution in [0, 0.1) is 12.7 Å². The van der Waals surface area contributed by atoms with Crippen molar-refractivity contribution in [1.29, 1.82) is 0 Å². The zero-order valence-corrected chi connectivity index (χ0v) is 12.0. The van der Waals surface area contributed by atoms with Crippen molar-refractivity contribution in [1.82, 2.24) is 10.2 Å². The minimum Gasteiger partial charge on any atom is -0.507 e. The highest BCUT2D eigenvalue weighted by atomic mass is 19.1. The van der Waals surface area contributed by atoms with Gasteiger partial charge in [0.05, 0.1) is 12.3 Å². The molecule has 0 unspecified atom stereocenters. The van der Waals surface area contributed by atoms with Crippen LogP contribution < -0.4 is 5.32 Å². The fourth-order valence-corrected chi connectivity index (χ4v) is 2.89. The quantitative estimate of drug-likeness (QED) is 0.911. The number of furan rings is 1. The van der Waals surface area contributed by atoms with E-state index in [9.17, 15) is 9.50 Å². The molecule has 2 heterocycles. The second-order valence-electron chi connectivity index (χ2n) is 5.36. The maximum Gasteiger partial charge on any atom is 0.125 e. The molecule has 2 aromatic rings. The molecular weight excluding hydrogens is 271 g/mol. The number of aryl methyl sites for hydroxylation is 1. The van der Waals surface area contributed by atoms with Gasteiger partial charge in [0.2, 0.25) is 0 Å². The molecule has 0 bridgehead atoms. The Kier molecular flexibility index (Phi) is 3.94. The third kappa shape index (κ3) is 2.80. The molecule has 0 saturated carbocycles. The van der Waals surface area contributed by atoms with Gasteiger partial charge in [-0.3, -0.25) is 4.90 Å². The average molecular weight is 290 g/mol. The summed E-state index contributed by atoms with van der Waals surface area (Å²) in [4.78, 5) is 2.20. The van der Waals surface area contributed by atoms with Crippen LogP contribution >= 0.6 is 0 Å². The maximum absolute atomic E-state index is 13.8. The summed E-state index contributed by atoms with van der Waals surface area (Å²) in [6.45, 7) is 5.08. The van der Waals surface area contributed by atoms with Gasteiger partial charge in [-0.15, -0.1) is 0 Å². The van der Waals surface area contributed by atoms with Crippen molar-refractivity contribution in [3.8, 4) is 5.75 Å². The summed E-state index contributed by atoms with van der Waals surface area (Å²) >= 11 is 0. The van der Waals surface area contributed by atoms with Crippen LogP contribution in [0.25, 0.3) is 0 Å². The Bertz CT molecular complexity index is 607. The summed E-state index contributed by atoms with van der Waals surface area (Å²) in [5.74, 6) is 0.514. The van der Waals surface area contributed by atoms with Gasteiger partial charge in [-0.25, -0.2) is 4.39 Å². The van der Waals surface area contributed by atoms with Crippen molar-refractivity contribution in [3.63, 3.8) is 0 Å². The molecule has 1 saturated heterocycles. The van der Waals surface area contributed by atoms with Gasteiger partial charge in [0.15, 0.2) is 0 Å². The van der Waals surface area contributed by atoms with E-state index in [0.717, 1.165) is 31.9 Å². The molecular formula is C16H19FN2O2. The molecule has 5 heteroatoms. The Balaban J connectivity index is 2.07. The second kappa shape index (κ2) is 5.87. The summed E-state index contributed by atoms with van der Waals surface area (Å²) in [6.07, 6.45) is 1.60. The van der Waals surface area contributed by atoms with E-state index < -0.39 is 0 Å². The van der Waals surface area contributed by atoms with Gasteiger partial charge in [0, 0.05) is 31.7 Å². The number of halogens is 1. The Labute approximate surface area is 123 Å². The first-order valence-electron chi connectivity index (χ1n) is 7.14. The average Bonchev–Trinajstić information content (AvgIpc) is 2.99. The largest absolute Gasteiger partial charge is 0.507 e. The Morgan fingerprint density at radius 1 is 1.33 bits per heavy atom. The van der Waals surface area contributed by atoms with Gasteiger partial charge in [-0.05, 0) is 36.8 Å². The number of hydrogen-bond acceptors (Lipinski definition) is 4. The van der Waals surface area contributed by atoms with Crippen molar-refractivity contribution < 1.29 is 13.9 Å². The van der Waals surface area contributed by atoms with Crippen molar-refractivity contribution in [2.45, 2.75) is 13.0 Å². The van der Waals surface area contributed by atoms with Gasteiger partial charge in [-0.1, -0.05) is 0 Å². The van der Waals surface area contributed by atoms with Crippen molar-refractivity contribution in [3.05, 3.63) is 53.2 Å². The molecule has 3 rings (SSSR count). The molecule has 1 aliphatic rings. The lowest BCUT2D eigenvalue weighted by molar-refractivity contribution is 0.177. The molecule has 21 heavy (non-hydrogen) atoms. The summed E-state index contributed by atoms with van der Waals surface area (Å²) in [7, 11) is 0. The Morgan fingerprint density at radius 2 is 2.10 bits per heavy atom. The number of nitrogens with one attached hydrogen (secondary N) is 1. The maximum atomic E-state index is 13.8. The molecule has 0 aliphatic carbocycles. The topological polar surface area (TPSA) is 48.6 Å². The SMILES string of the molecule is Cc1cc(F)cc([C@@H](c2ccco2)N2CCNCC2)c1O. The number of phenols is 1. The highest BCUT2D eigenvalue weighted by Crippen LogP contribution is 2.36. The fourth-order valence-electron chi connectivity index (χ4n) is 2.89. The van der Waals surface area contributed by atoms with Gasteiger partial charge >= 0.3 is 0 Å². The minimum absolute atomic E-state index is 0.135. The summed E-state index contributed by atoms with van der Waals surface area (Å²) in [6, 6.07) is 6.16. The van der Waals surface area contributed by atoms with Gasteiger partial charge < -0.3 is 14.8 Å². The predicted molar refractivity (Wildman–Crippen MR) is 77.8 cm³/mol. The van der Waals surface area contributed by atoms with E-state index in [1.165, 1.54) is 12.1 Å². The van der Waals surface area contributed by atoms with Crippen LogP contribution in [0.1, 0.15) is 22.9 Å². The molecule has 2 N–H and O–H groups in total.